The molecule has 56 heavy (non-hydrogen) atoms. The van der Waals surface area contributed by atoms with Gasteiger partial charge in [-0.05, 0) is 52.4 Å². The first-order valence-electron chi connectivity index (χ1n) is 18.1. The number of aldehydes is 1. The highest BCUT2D eigenvalue weighted by Crippen LogP contribution is 2.06. The molecule has 0 spiro atoms. The standard InChI is InChI=1S/C34H59N11O11/c1-16(2)11-23(33(55)40-18(5)15-46)44-27(50)14-38-29(51)19(6)42-30(52)20(7)41-26(49)13-37-25(48)12-39-32(54)22(9-10-24(35)47)45-31(53)21(8)43-34(56)28(36)17(3)4/h15-23,28H,9-14,36H2,1-8H3,(H2,35,47)(H,37,48)(H,38,51)(H,39,54)(H,40,55)(H,41,49)(H,42,52)(H,43,56)(H,44,50)(H,45,53)/t18-,19-,20-,21-,22-,23-,28-/m0/s1. The van der Waals surface area contributed by atoms with Crippen molar-refractivity contribution >= 4 is 65.4 Å². The largest absolute Gasteiger partial charge is 0.370 e. The highest BCUT2D eigenvalue weighted by molar-refractivity contribution is 5.96. The molecule has 0 aromatic heterocycles. The van der Waals surface area contributed by atoms with Gasteiger partial charge in [0.05, 0.1) is 31.7 Å². The summed E-state index contributed by atoms with van der Waals surface area (Å²) in [5.74, 6) is -7.55. The lowest BCUT2D eigenvalue weighted by molar-refractivity contribution is -0.133. The highest BCUT2D eigenvalue weighted by atomic mass is 16.2. The van der Waals surface area contributed by atoms with Gasteiger partial charge in [-0.2, -0.15) is 0 Å². The van der Waals surface area contributed by atoms with E-state index in [0.717, 1.165) is 0 Å². The van der Waals surface area contributed by atoms with Crippen LogP contribution in [-0.2, 0) is 52.7 Å². The summed E-state index contributed by atoms with van der Waals surface area (Å²) in [6.07, 6.45) is 0.298. The predicted molar refractivity (Wildman–Crippen MR) is 200 cm³/mol. The van der Waals surface area contributed by atoms with E-state index < -0.39 is 121 Å². The zero-order valence-corrected chi connectivity index (χ0v) is 33.2. The second kappa shape index (κ2) is 25.4. The molecule has 0 unspecified atom stereocenters. The summed E-state index contributed by atoms with van der Waals surface area (Å²) >= 11 is 0. The molecule has 13 N–H and O–H groups in total. The maximum atomic E-state index is 12.8. The van der Waals surface area contributed by atoms with E-state index in [1.807, 2.05) is 13.8 Å². The molecule has 22 heteroatoms. The van der Waals surface area contributed by atoms with Gasteiger partial charge in [0.1, 0.15) is 36.5 Å². The minimum absolute atomic E-state index is 0.0180. The third-order valence-corrected chi connectivity index (χ3v) is 7.83. The van der Waals surface area contributed by atoms with Crippen molar-refractivity contribution in [1.29, 1.82) is 0 Å². The number of rotatable bonds is 25. The van der Waals surface area contributed by atoms with E-state index in [2.05, 4.69) is 47.9 Å². The molecule has 0 saturated heterocycles. The first kappa shape index (κ1) is 50.3. The Kier molecular flexibility index (Phi) is 22.8. The molecule has 0 heterocycles. The van der Waals surface area contributed by atoms with Crippen LogP contribution in [0.15, 0.2) is 0 Å². The van der Waals surface area contributed by atoms with Crippen LogP contribution in [0.1, 0.15) is 74.7 Å². The minimum atomic E-state index is -1.32. The maximum absolute atomic E-state index is 12.8. The number of primary amides is 1. The van der Waals surface area contributed by atoms with E-state index in [9.17, 15) is 52.7 Å². The van der Waals surface area contributed by atoms with E-state index in [1.165, 1.54) is 27.7 Å². The lowest BCUT2D eigenvalue weighted by Crippen LogP contribution is -2.56. The third-order valence-electron chi connectivity index (χ3n) is 7.83. The molecule has 0 radical (unpaired) electrons. The van der Waals surface area contributed by atoms with E-state index in [1.54, 1.807) is 13.8 Å². The van der Waals surface area contributed by atoms with Crippen molar-refractivity contribution in [3.05, 3.63) is 0 Å². The molecule has 0 fully saturated rings. The van der Waals surface area contributed by atoms with Crippen LogP contribution in [0.4, 0.5) is 0 Å². The summed E-state index contributed by atoms with van der Waals surface area (Å²) in [4.78, 5) is 135. The molecule has 0 bridgehead atoms. The molecule has 7 atom stereocenters. The second-order valence-corrected chi connectivity index (χ2v) is 14.0. The van der Waals surface area contributed by atoms with Crippen molar-refractivity contribution in [3.63, 3.8) is 0 Å². The Balaban J connectivity index is 4.91. The van der Waals surface area contributed by atoms with Gasteiger partial charge in [-0.15, -0.1) is 0 Å². The molecule has 0 aromatic carbocycles. The Morgan fingerprint density at radius 2 is 1.00 bits per heavy atom. The summed E-state index contributed by atoms with van der Waals surface area (Å²) in [7, 11) is 0. The smallest absolute Gasteiger partial charge is 0.243 e. The normalized spacial score (nSPS) is 14.6. The maximum Gasteiger partial charge on any atom is 0.243 e. The molecule has 0 aliphatic rings. The molecule has 0 aliphatic heterocycles. The summed E-state index contributed by atoms with van der Waals surface area (Å²) < 4.78 is 0. The van der Waals surface area contributed by atoms with Gasteiger partial charge < -0.3 is 64.1 Å². The SMILES string of the molecule is CC(C)C[C@H](NC(=O)CNC(=O)[C@H](C)NC(=O)[C@H](C)NC(=O)CNC(=O)CNC(=O)[C@H](CCC(N)=O)NC(=O)[C@H](C)NC(=O)[C@@H](N)C(C)C)C(=O)N[C@@H](C)C=O. The van der Waals surface area contributed by atoms with Crippen molar-refractivity contribution in [2.24, 2.45) is 23.3 Å². The van der Waals surface area contributed by atoms with Crippen LogP contribution in [-0.4, -0.2) is 127 Å². The molecule has 0 saturated carbocycles. The third kappa shape index (κ3) is 20.7. The number of nitrogens with one attached hydrogen (secondary N) is 9. The molecular formula is C34H59N11O11. The predicted octanol–water partition coefficient (Wildman–Crippen LogP) is -5.18. The van der Waals surface area contributed by atoms with Crippen molar-refractivity contribution < 1.29 is 52.7 Å². The van der Waals surface area contributed by atoms with Crippen molar-refractivity contribution in [3.8, 4) is 0 Å². The number of hydrogen-bond donors (Lipinski definition) is 11. The summed E-state index contributed by atoms with van der Waals surface area (Å²) in [6, 6.07) is -7.34. The van der Waals surface area contributed by atoms with Crippen LogP contribution >= 0.6 is 0 Å². The molecule has 22 nitrogen and oxygen atoms in total. The first-order valence-corrected chi connectivity index (χ1v) is 18.1. The van der Waals surface area contributed by atoms with Crippen molar-refractivity contribution in [1.82, 2.24) is 47.9 Å². The van der Waals surface area contributed by atoms with Gasteiger partial charge in [0.15, 0.2) is 0 Å². The average molecular weight is 798 g/mol. The molecule has 10 amide bonds. The van der Waals surface area contributed by atoms with Crippen molar-refractivity contribution in [2.75, 3.05) is 19.6 Å². The van der Waals surface area contributed by atoms with E-state index in [0.29, 0.717) is 6.29 Å². The fourth-order valence-corrected chi connectivity index (χ4v) is 4.45. The van der Waals surface area contributed by atoms with E-state index >= 15 is 0 Å². The average Bonchev–Trinajstić information content (AvgIpc) is 3.11. The van der Waals surface area contributed by atoms with Crippen LogP contribution < -0.4 is 59.3 Å². The molecule has 0 aromatic rings. The zero-order valence-electron chi connectivity index (χ0n) is 33.2. The quantitative estimate of drug-likeness (QED) is 0.0387. The van der Waals surface area contributed by atoms with Crippen LogP contribution in [0.25, 0.3) is 0 Å². The summed E-state index contributed by atoms with van der Waals surface area (Å²) in [5.41, 5.74) is 11.0. The van der Waals surface area contributed by atoms with Crippen molar-refractivity contribution in [2.45, 2.75) is 117 Å². The monoisotopic (exact) mass is 797 g/mol. The number of nitrogens with two attached hydrogens (primary N) is 2. The van der Waals surface area contributed by atoms with Gasteiger partial charge in [-0.25, -0.2) is 0 Å². The molecule has 0 rings (SSSR count). The Labute approximate surface area is 325 Å². The Bertz CT molecular complexity index is 1440. The van der Waals surface area contributed by atoms with E-state index in [-0.39, 0.29) is 31.1 Å². The summed E-state index contributed by atoms with van der Waals surface area (Å²) in [6.45, 7) is 10.8. The zero-order chi connectivity index (χ0) is 43.3. The number of carbonyl (C=O) groups excluding carboxylic acids is 11. The van der Waals surface area contributed by atoms with Crippen LogP contribution in [0.5, 0.6) is 0 Å². The van der Waals surface area contributed by atoms with Gasteiger partial charge in [0.25, 0.3) is 0 Å². The van der Waals surface area contributed by atoms with Crippen LogP contribution in [0.2, 0.25) is 0 Å². The first-order chi connectivity index (χ1) is 26.0. The van der Waals surface area contributed by atoms with Gasteiger partial charge in [0.2, 0.25) is 59.1 Å². The molecular weight excluding hydrogens is 738 g/mol. The Morgan fingerprint density at radius 1 is 0.518 bits per heavy atom. The van der Waals surface area contributed by atoms with Crippen LogP contribution in [0.3, 0.4) is 0 Å². The highest BCUT2D eigenvalue weighted by Gasteiger charge is 2.28. The van der Waals surface area contributed by atoms with Gasteiger partial charge >= 0.3 is 0 Å². The van der Waals surface area contributed by atoms with E-state index in [4.69, 9.17) is 11.5 Å². The van der Waals surface area contributed by atoms with Gasteiger partial charge in [-0.1, -0.05) is 27.7 Å². The fraction of sp³-hybridized carbons (Fsp3) is 0.676. The lowest BCUT2D eigenvalue weighted by Gasteiger charge is -2.22. The number of hydrogen-bond acceptors (Lipinski definition) is 12. The lowest BCUT2D eigenvalue weighted by atomic mass is 10.0. The Morgan fingerprint density at radius 3 is 1.55 bits per heavy atom. The fourth-order valence-electron chi connectivity index (χ4n) is 4.45. The molecule has 316 valence electrons. The topological polar surface area (TPSA) is 348 Å². The van der Waals surface area contributed by atoms with Gasteiger partial charge in [-0.3, -0.25) is 47.9 Å². The second-order valence-electron chi connectivity index (χ2n) is 14.0. The number of carbonyl (C=O) groups is 11. The van der Waals surface area contributed by atoms with Crippen LogP contribution in [0, 0.1) is 11.8 Å². The summed E-state index contributed by atoms with van der Waals surface area (Å²) in [5, 5.41) is 21.3. The Hall–Kier alpha value is -5.67. The molecule has 0 aliphatic carbocycles. The minimum Gasteiger partial charge on any atom is -0.370 e. The van der Waals surface area contributed by atoms with Gasteiger partial charge in [0, 0.05) is 6.42 Å². The number of amides is 10.